The number of rotatable bonds is 6. The van der Waals surface area contributed by atoms with E-state index < -0.39 is 11.6 Å². The fourth-order valence-corrected chi connectivity index (χ4v) is 4.04. The molecule has 1 aliphatic heterocycles. The fraction of sp³-hybridized carbons (Fsp3) is 0.200. The molecule has 2 aromatic carbocycles. The second-order valence-corrected chi connectivity index (χ2v) is 8.44. The molecule has 0 spiro atoms. The van der Waals surface area contributed by atoms with Gasteiger partial charge in [0.2, 0.25) is 11.9 Å². The first-order valence-electron chi connectivity index (χ1n) is 11.4. The number of amides is 1. The van der Waals surface area contributed by atoms with Crippen molar-refractivity contribution < 1.29 is 13.6 Å². The lowest BCUT2D eigenvalue weighted by atomic mass is 10.1. The molecule has 1 aliphatic rings. The molecule has 0 saturated carbocycles. The summed E-state index contributed by atoms with van der Waals surface area (Å²) in [5.74, 6) is -2.16. The highest BCUT2D eigenvalue weighted by Gasteiger charge is 2.22. The Morgan fingerprint density at radius 1 is 1.06 bits per heavy atom. The van der Waals surface area contributed by atoms with Gasteiger partial charge in [-0.15, -0.1) is 5.10 Å². The molecule has 11 heteroatoms. The van der Waals surface area contributed by atoms with Gasteiger partial charge < -0.3 is 20.4 Å². The third-order valence-corrected chi connectivity index (χ3v) is 6.02. The number of piperazine rings is 1. The molecule has 3 heterocycles. The Morgan fingerprint density at radius 2 is 1.86 bits per heavy atom. The molecule has 2 aromatic heterocycles. The van der Waals surface area contributed by atoms with Crippen LogP contribution < -0.4 is 15.5 Å². The van der Waals surface area contributed by atoms with Crippen LogP contribution in [0.5, 0.6) is 0 Å². The molecule has 36 heavy (non-hydrogen) atoms. The summed E-state index contributed by atoms with van der Waals surface area (Å²) in [7, 11) is 2.00. The number of halogens is 2. The van der Waals surface area contributed by atoms with Crippen LogP contribution in [-0.2, 0) is 4.79 Å². The van der Waals surface area contributed by atoms with Crippen molar-refractivity contribution in [2.45, 2.75) is 0 Å². The lowest BCUT2D eigenvalue weighted by Gasteiger charge is -2.34. The fourth-order valence-electron chi connectivity index (χ4n) is 4.04. The van der Waals surface area contributed by atoms with Gasteiger partial charge in [0.25, 0.3) is 0 Å². The van der Waals surface area contributed by atoms with Crippen molar-refractivity contribution in [3.8, 4) is 11.3 Å². The van der Waals surface area contributed by atoms with Crippen LogP contribution in [0.1, 0.15) is 0 Å². The van der Waals surface area contributed by atoms with Crippen LogP contribution in [-0.4, -0.2) is 63.6 Å². The number of benzene rings is 2. The molecule has 5 rings (SSSR count). The van der Waals surface area contributed by atoms with Gasteiger partial charge >= 0.3 is 0 Å². The molecular weight excluding hydrogens is 466 g/mol. The highest BCUT2D eigenvalue weighted by atomic mass is 19.2. The first kappa shape index (κ1) is 23.4. The van der Waals surface area contributed by atoms with Crippen molar-refractivity contribution in [3.05, 3.63) is 73.1 Å². The summed E-state index contributed by atoms with van der Waals surface area (Å²) < 4.78 is 31.4. The average Bonchev–Trinajstić information content (AvgIpc) is 3.31. The number of carbonyl (C=O) groups is 1. The van der Waals surface area contributed by atoms with Gasteiger partial charge in [-0.3, -0.25) is 4.79 Å². The zero-order chi connectivity index (χ0) is 25.2. The van der Waals surface area contributed by atoms with Gasteiger partial charge in [-0.25, -0.2) is 23.3 Å². The summed E-state index contributed by atoms with van der Waals surface area (Å²) in [5.41, 5.74) is 2.58. The van der Waals surface area contributed by atoms with E-state index in [1.807, 2.05) is 18.0 Å². The van der Waals surface area contributed by atoms with E-state index >= 15 is 0 Å². The monoisotopic (exact) mass is 490 g/mol. The Kier molecular flexibility index (Phi) is 6.30. The lowest BCUT2D eigenvalue weighted by Crippen LogP contribution is -2.44. The Hall–Kier alpha value is -4.38. The van der Waals surface area contributed by atoms with Gasteiger partial charge in [0.1, 0.15) is 0 Å². The van der Waals surface area contributed by atoms with E-state index in [1.165, 1.54) is 22.9 Å². The van der Waals surface area contributed by atoms with Gasteiger partial charge in [-0.1, -0.05) is 18.7 Å². The normalized spacial score (nSPS) is 14.1. The van der Waals surface area contributed by atoms with E-state index in [2.05, 4.69) is 37.2 Å². The van der Waals surface area contributed by atoms with Crippen molar-refractivity contribution >= 4 is 34.6 Å². The third kappa shape index (κ3) is 4.60. The zero-order valence-electron chi connectivity index (χ0n) is 19.6. The summed E-state index contributed by atoms with van der Waals surface area (Å²) in [6.07, 6.45) is 4.29. The van der Waals surface area contributed by atoms with Crippen LogP contribution in [0.4, 0.5) is 31.8 Å². The van der Waals surface area contributed by atoms with Gasteiger partial charge in [-0.05, 0) is 37.4 Å². The van der Waals surface area contributed by atoms with Crippen LogP contribution in [0.15, 0.2) is 61.4 Å². The number of anilines is 4. The molecule has 0 atom stereocenters. The molecule has 0 aliphatic carbocycles. The van der Waals surface area contributed by atoms with Crippen LogP contribution >= 0.6 is 0 Å². The number of imidazole rings is 1. The molecule has 1 amide bonds. The number of aromatic nitrogens is 4. The maximum absolute atomic E-state index is 15.0. The molecule has 1 fully saturated rings. The Labute approximate surface area is 206 Å². The number of likely N-dealkylation sites (N-methyl/N-ethyl adjacent to an activating group) is 1. The summed E-state index contributed by atoms with van der Waals surface area (Å²) in [5, 5.41) is 9.92. The SMILES string of the molecule is C=CC(=O)Nc1cccc(-c2cnc3cnc(Nc4ccc(N5CCN(C)CC5)c(F)c4F)nn23)c1. The van der Waals surface area contributed by atoms with Gasteiger partial charge in [0.15, 0.2) is 17.3 Å². The van der Waals surface area contributed by atoms with Crippen LogP contribution in [0.25, 0.3) is 16.9 Å². The van der Waals surface area contributed by atoms with Gasteiger partial charge in [0.05, 0.1) is 29.5 Å². The number of nitrogens with one attached hydrogen (secondary N) is 2. The van der Waals surface area contributed by atoms with Crippen molar-refractivity contribution in [2.24, 2.45) is 0 Å². The topological polar surface area (TPSA) is 90.7 Å². The van der Waals surface area contributed by atoms with Crippen LogP contribution in [0.3, 0.4) is 0 Å². The van der Waals surface area contributed by atoms with Crippen LogP contribution in [0.2, 0.25) is 0 Å². The first-order valence-corrected chi connectivity index (χ1v) is 11.4. The highest BCUT2D eigenvalue weighted by Crippen LogP contribution is 2.29. The number of fused-ring (bicyclic) bond motifs is 1. The highest BCUT2D eigenvalue weighted by molar-refractivity contribution is 5.99. The zero-order valence-corrected chi connectivity index (χ0v) is 19.6. The van der Waals surface area contributed by atoms with Crippen LogP contribution in [0, 0.1) is 11.6 Å². The number of hydrogen-bond donors (Lipinski definition) is 2. The largest absolute Gasteiger partial charge is 0.367 e. The molecule has 0 radical (unpaired) electrons. The summed E-state index contributed by atoms with van der Waals surface area (Å²) >= 11 is 0. The standard InChI is InChI=1S/C25H24F2N8O/c1-3-22(36)30-17-6-4-5-16(13-17)20-14-28-21-15-29-25(32-35(20)21)31-18-7-8-19(24(27)23(18)26)34-11-9-33(2)10-12-34/h3-8,13-15H,1,9-12H2,2H3,(H,30,36)(H,31,32). The minimum atomic E-state index is -0.994. The minimum absolute atomic E-state index is 0.0690. The van der Waals surface area contributed by atoms with Crippen molar-refractivity contribution in [1.82, 2.24) is 24.5 Å². The van der Waals surface area contributed by atoms with E-state index in [9.17, 15) is 13.6 Å². The van der Waals surface area contributed by atoms with Gasteiger partial charge in [-0.2, -0.15) is 0 Å². The van der Waals surface area contributed by atoms with E-state index in [1.54, 1.807) is 30.5 Å². The second kappa shape index (κ2) is 9.70. The predicted octanol–water partition coefficient (Wildman–Crippen LogP) is 3.69. The molecule has 9 nitrogen and oxygen atoms in total. The lowest BCUT2D eigenvalue weighted by molar-refractivity contribution is -0.111. The van der Waals surface area contributed by atoms with Crippen molar-refractivity contribution in [2.75, 3.05) is 48.8 Å². The van der Waals surface area contributed by atoms with Crippen molar-refractivity contribution in [1.29, 1.82) is 0 Å². The van der Waals surface area contributed by atoms with E-state index in [0.717, 1.165) is 18.7 Å². The van der Waals surface area contributed by atoms with Gasteiger partial charge in [0, 0.05) is 37.4 Å². The number of nitrogens with zero attached hydrogens (tertiary/aromatic N) is 6. The predicted molar refractivity (Wildman–Crippen MR) is 134 cm³/mol. The maximum Gasteiger partial charge on any atom is 0.247 e. The minimum Gasteiger partial charge on any atom is -0.367 e. The summed E-state index contributed by atoms with van der Waals surface area (Å²) in [6.45, 7) is 6.27. The molecule has 2 N–H and O–H groups in total. The number of carbonyl (C=O) groups excluding carboxylic acids is 1. The summed E-state index contributed by atoms with van der Waals surface area (Å²) in [4.78, 5) is 24.1. The Bertz CT molecular complexity index is 1450. The van der Waals surface area contributed by atoms with Crippen molar-refractivity contribution in [3.63, 3.8) is 0 Å². The maximum atomic E-state index is 15.0. The van der Waals surface area contributed by atoms with E-state index in [-0.39, 0.29) is 23.2 Å². The number of hydrogen-bond acceptors (Lipinski definition) is 7. The Balaban J connectivity index is 1.42. The smallest absolute Gasteiger partial charge is 0.247 e. The first-order chi connectivity index (χ1) is 17.4. The van der Waals surface area contributed by atoms with E-state index in [4.69, 9.17) is 0 Å². The van der Waals surface area contributed by atoms with E-state index in [0.29, 0.717) is 30.1 Å². The average molecular weight is 491 g/mol. The quantitative estimate of drug-likeness (QED) is 0.399. The molecule has 184 valence electrons. The molecule has 0 unspecified atom stereocenters. The second-order valence-electron chi connectivity index (χ2n) is 8.44. The molecular formula is C25H24F2N8O. The Morgan fingerprint density at radius 3 is 2.64 bits per heavy atom. The molecule has 1 saturated heterocycles. The molecule has 0 bridgehead atoms. The molecule has 4 aromatic rings. The summed E-state index contributed by atoms with van der Waals surface area (Å²) in [6, 6.07) is 10.2. The third-order valence-electron chi connectivity index (χ3n) is 6.02.